The number of carbonyl (C=O) groups is 3. The van der Waals surface area contributed by atoms with Crippen LogP contribution in [0.5, 0.6) is 0 Å². The van der Waals surface area contributed by atoms with Gasteiger partial charge in [-0.05, 0) is 29.7 Å². The Morgan fingerprint density at radius 1 is 1.35 bits per heavy atom. The highest BCUT2D eigenvalue weighted by Crippen LogP contribution is 2.31. The molecule has 1 saturated heterocycles. The molecule has 0 radical (unpaired) electrons. The third kappa shape index (κ3) is 4.50. The monoisotopic (exact) mass is 391 g/mol. The van der Waals surface area contributed by atoms with E-state index < -0.39 is 17.9 Å². The van der Waals surface area contributed by atoms with Gasteiger partial charge in [-0.2, -0.15) is 0 Å². The first-order valence-corrected chi connectivity index (χ1v) is 9.30. The first-order chi connectivity index (χ1) is 12.2. The average molecular weight is 391 g/mol. The summed E-state index contributed by atoms with van der Waals surface area (Å²) < 4.78 is 0.496. The molecule has 0 aromatic heterocycles. The van der Waals surface area contributed by atoms with Gasteiger partial charge in [-0.25, -0.2) is 0 Å². The van der Waals surface area contributed by atoms with E-state index in [1.54, 1.807) is 44.3 Å². The number of aliphatic carboxylic acids is 1. The van der Waals surface area contributed by atoms with Crippen LogP contribution in [-0.4, -0.2) is 40.1 Å². The van der Waals surface area contributed by atoms with Gasteiger partial charge < -0.3 is 15.2 Å². The lowest BCUT2D eigenvalue weighted by Gasteiger charge is -2.25. The zero-order valence-electron chi connectivity index (χ0n) is 14.6. The average Bonchev–Trinajstić information content (AvgIpc) is 2.86. The molecule has 138 valence electrons. The normalized spacial score (nSPS) is 18.1. The molecule has 1 aromatic carbocycles. The molecule has 2 rings (SSSR count). The minimum Gasteiger partial charge on any atom is -0.548 e. The standard InChI is InChI=1S/C18H20N2O4S2/c1-4-10(2)14(17(23)24)19-15(21)12-7-5-11(6-8-12)9-13-16(22)20(3)18(25)26-13/h5-10,14H,4H2,1-3H3,(H,19,21)(H,23,24)/p-1/b13-9+/t10-,14-/m1/s1. The topological polar surface area (TPSA) is 89.5 Å². The highest BCUT2D eigenvalue weighted by atomic mass is 32.2. The minimum atomic E-state index is -1.30. The van der Waals surface area contributed by atoms with E-state index in [-0.39, 0.29) is 11.8 Å². The fourth-order valence-corrected chi connectivity index (χ4v) is 3.50. The molecule has 1 heterocycles. The number of thioether (sulfide) groups is 1. The van der Waals surface area contributed by atoms with Crippen LogP contribution in [0.25, 0.3) is 6.08 Å². The van der Waals surface area contributed by atoms with Crippen molar-refractivity contribution in [1.29, 1.82) is 0 Å². The maximum atomic E-state index is 12.3. The van der Waals surface area contributed by atoms with Crippen molar-refractivity contribution in [3.63, 3.8) is 0 Å². The third-order valence-corrected chi connectivity index (χ3v) is 5.70. The van der Waals surface area contributed by atoms with Gasteiger partial charge in [-0.1, -0.05) is 56.4 Å². The largest absolute Gasteiger partial charge is 0.548 e. The minimum absolute atomic E-state index is 0.160. The highest BCUT2D eigenvalue weighted by molar-refractivity contribution is 8.26. The van der Waals surface area contributed by atoms with Crippen LogP contribution in [0.1, 0.15) is 36.2 Å². The Balaban J connectivity index is 2.12. The van der Waals surface area contributed by atoms with Gasteiger partial charge in [0.05, 0.1) is 16.9 Å². The van der Waals surface area contributed by atoms with Crippen LogP contribution in [0.15, 0.2) is 29.2 Å². The summed E-state index contributed by atoms with van der Waals surface area (Å²) in [5, 5.41) is 13.7. The summed E-state index contributed by atoms with van der Waals surface area (Å²) in [6, 6.07) is 5.49. The number of carboxylic acids is 1. The fraction of sp³-hybridized carbons (Fsp3) is 0.333. The van der Waals surface area contributed by atoms with Crippen molar-refractivity contribution < 1.29 is 19.5 Å². The van der Waals surface area contributed by atoms with E-state index in [4.69, 9.17) is 12.2 Å². The van der Waals surface area contributed by atoms with E-state index in [0.29, 0.717) is 21.2 Å². The Labute approximate surface area is 161 Å². The first-order valence-electron chi connectivity index (χ1n) is 8.08. The van der Waals surface area contributed by atoms with Gasteiger partial charge in [0.25, 0.3) is 11.8 Å². The molecule has 0 unspecified atom stereocenters. The molecule has 2 atom stereocenters. The number of hydrogen-bond acceptors (Lipinski definition) is 6. The molecule has 8 heteroatoms. The molecule has 2 amide bonds. The number of likely N-dealkylation sites (N-methyl/N-ethyl adjacent to an activating group) is 1. The number of nitrogens with one attached hydrogen (secondary N) is 1. The molecule has 1 fully saturated rings. The molecule has 0 saturated carbocycles. The van der Waals surface area contributed by atoms with Gasteiger partial charge in [0, 0.05) is 12.6 Å². The lowest BCUT2D eigenvalue weighted by Crippen LogP contribution is -2.51. The molecule has 0 aliphatic carbocycles. The number of benzene rings is 1. The van der Waals surface area contributed by atoms with Crippen molar-refractivity contribution in [2.24, 2.45) is 5.92 Å². The molecule has 26 heavy (non-hydrogen) atoms. The Kier molecular flexibility index (Phi) is 6.55. The van der Waals surface area contributed by atoms with E-state index in [9.17, 15) is 19.5 Å². The van der Waals surface area contributed by atoms with E-state index >= 15 is 0 Å². The van der Waals surface area contributed by atoms with Crippen LogP contribution in [0, 0.1) is 5.92 Å². The highest BCUT2D eigenvalue weighted by Gasteiger charge is 2.28. The second-order valence-electron chi connectivity index (χ2n) is 6.02. The summed E-state index contributed by atoms with van der Waals surface area (Å²) in [5.41, 5.74) is 1.08. The molecule has 1 aliphatic heterocycles. The molecule has 6 nitrogen and oxygen atoms in total. The van der Waals surface area contributed by atoms with Crippen LogP contribution in [0.2, 0.25) is 0 Å². The van der Waals surface area contributed by atoms with Gasteiger partial charge in [-0.3, -0.25) is 14.5 Å². The Morgan fingerprint density at radius 2 is 1.96 bits per heavy atom. The second-order valence-corrected chi connectivity index (χ2v) is 7.69. The van der Waals surface area contributed by atoms with E-state index in [2.05, 4.69) is 5.32 Å². The smallest absolute Gasteiger partial charge is 0.265 e. The molecule has 1 aliphatic rings. The lowest BCUT2D eigenvalue weighted by molar-refractivity contribution is -0.309. The van der Waals surface area contributed by atoms with E-state index in [0.717, 1.165) is 5.56 Å². The molecular formula is C18H19N2O4S2-. The number of carbonyl (C=O) groups excluding carboxylic acids is 3. The van der Waals surface area contributed by atoms with Gasteiger partial charge in [0.15, 0.2) is 0 Å². The molecule has 0 bridgehead atoms. The van der Waals surface area contributed by atoms with Crippen LogP contribution < -0.4 is 10.4 Å². The van der Waals surface area contributed by atoms with Crippen molar-refractivity contribution >= 4 is 52.2 Å². The predicted molar refractivity (Wildman–Crippen MR) is 103 cm³/mol. The summed E-state index contributed by atoms with van der Waals surface area (Å²) in [6.45, 7) is 3.59. The maximum absolute atomic E-state index is 12.3. The zero-order chi connectivity index (χ0) is 19.4. The summed E-state index contributed by atoms with van der Waals surface area (Å²) >= 11 is 6.30. The van der Waals surface area contributed by atoms with Crippen LogP contribution >= 0.6 is 24.0 Å². The Hall–Kier alpha value is -2.19. The predicted octanol–water partition coefficient (Wildman–Crippen LogP) is 1.41. The molecule has 0 spiro atoms. The van der Waals surface area contributed by atoms with Gasteiger partial charge in [0.1, 0.15) is 4.32 Å². The number of amides is 2. The summed E-state index contributed by atoms with van der Waals surface area (Å²) in [7, 11) is 1.62. The Morgan fingerprint density at radius 3 is 2.42 bits per heavy atom. The van der Waals surface area contributed by atoms with Gasteiger partial charge >= 0.3 is 0 Å². The molecule has 1 N–H and O–H groups in total. The lowest BCUT2D eigenvalue weighted by atomic mass is 9.99. The van der Waals surface area contributed by atoms with Crippen molar-refractivity contribution in [3.8, 4) is 0 Å². The van der Waals surface area contributed by atoms with Crippen molar-refractivity contribution in [2.75, 3.05) is 7.05 Å². The van der Waals surface area contributed by atoms with Crippen molar-refractivity contribution in [3.05, 3.63) is 40.3 Å². The number of nitrogens with zero attached hydrogens (tertiary/aromatic N) is 1. The van der Waals surface area contributed by atoms with E-state index in [1.807, 2.05) is 6.92 Å². The maximum Gasteiger partial charge on any atom is 0.265 e. The quantitative estimate of drug-likeness (QED) is 0.583. The van der Waals surface area contributed by atoms with Gasteiger partial charge in [0.2, 0.25) is 0 Å². The summed E-state index contributed by atoms with van der Waals surface area (Å²) in [6.07, 6.45) is 2.31. The van der Waals surface area contributed by atoms with Crippen LogP contribution in [-0.2, 0) is 9.59 Å². The molecule has 1 aromatic rings. The number of carboxylic acid groups (broad SMARTS) is 1. The summed E-state index contributed by atoms with van der Waals surface area (Å²) in [5.74, 6) is -2.18. The van der Waals surface area contributed by atoms with Crippen molar-refractivity contribution in [1.82, 2.24) is 10.2 Å². The number of rotatable bonds is 6. The number of hydrogen-bond donors (Lipinski definition) is 1. The second kappa shape index (κ2) is 8.46. The van der Waals surface area contributed by atoms with Crippen LogP contribution in [0.4, 0.5) is 0 Å². The summed E-state index contributed by atoms with van der Waals surface area (Å²) in [4.78, 5) is 37.4. The Bertz CT molecular complexity index is 774. The van der Waals surface area contributed by atoms with E-state index in [1.165, 1.54) is 16.7 Å². The first kappa shape index (κ1) is 20.1. The number of thiocarbonyl (C=S) groups is 1. The van der Waals surface area contributed by atoms with Crippen LogP contribution in [0.3, 0.4) is 0 Å². The third-order valence-electron chi connectivity index (χ3n) is 4.21. The zero-order valence-corrected chi connectivity index (χ0v) is 16.3. The fourth-order valence-electron chi connectivity index (χ4n) is 2.32. The van der Waals surface area contributed by atoms with Gasteiger partial charge in [-0.15, -0.1) is 0 Å². The van der Waals surface area contributed by atoms with Crippen molar-refractivity contribution in [2.45, 2.75) is 26.3 Å². The molecular weight excluding hydrogens is 372 g/mol. The SMILES string of the molecule is CC[C@@H](C)[C@@H](NC(=O)c1ccc(/C=C2/SC(=S)N(C)C2=O)cc1)C(=O)[O-].